The first-order valence-electron chi connectivity index (χ1n) is 5.84. The van der Waals surface area contributed by atoms with Crippen molar-refractivity contribution in [2.45, 2.75) is 20.0 Å². The van der Waals surface area contributed by atoms with Gasteiger partial charge in [0, 0.05) is 19.3 Å². The number of nitrogens with zero attached hydrogens (tertiary/aromatic N) is 4. The van der Waals surface area contributed by atoms with Gasteiger partial charge in [0.2, 0.25) is 0 Å². The van der Waals surface area contributed by atoms with Gasteiger partial charge in [-0.2, -0.15) is 5.10 Å². The van der Waals surface area contributed by atoms with Crippen LogP contribution < -0.4 is 4.57 Å². The van der Waals surface area contributed by atoms with Crippen molar-refractivity contribution in [3.05, 3.63) is 36.7 Å². The molecule has 0 spiro atoms. The molecule has 0 saturated heterocycles. The van der Waals surface area contributed by atoms with Crippen molar-refractivity contribution in [1.29, 1.82) is 0 Å². The number of aryl methyl sites for hydroxylation is 1. The quantitative estimate of drug-likeness (QED) is 0.541. The molecular formula is C12H19N4O+. The van der Waals surface area contributed by atoms with E-state index in [1.165, 1.54) is 5.82 Å². The van der Waals surface area contributed by atoms with Crippen molar-refractivity contribution in [1.82, 2.24) is 14.3 Å². The average molecular weight is 235 g/mol. The van der Waals surface area contributed by atoms with Crippen LogP contribution in [0.5, 0.6) is 0 Å². The predicted molar refractivity (Wildman–Crippen MR) is 63.4 cm³/mol. The molecule has 2 heterocycles. The Balaban J connectivity index is 1.65. The summed E-state index contributed by atoms with van der Waals surface area (Å²) in [6, 6.07) is 1.92. The molecule has 0 aliphatic rings. The minimum absolute atomic E-state index is 0.703. The summed E-state index contributed by atoms with van der Waals surface area (Å²) in [5.41, 5.74) is 0. The average Bonchev–Trinajstić information content (AvgIpc) is 2.93. The molecule has 0 bridgehead atoms. The topological polar surface area (TPSA) is 35.9 Å². The van der Waals surface area contributed by atoms with Crippen molar-refractivity contribution in [2.24, 2.45) is 7.05 Å². The fourth-order valence-corrected chi connectivity index (χ4v) is 1.69. The smallest absolute Gasteiger partial charge is 0.253 e. The zero-order chi connectivity index (χ0) is 12.1. The molecule has 5 heteroatoms. The molecule has 0 saturated carbocycles. The molecule has 0 aliphatic carbocycles. The van der Waals surface area contributed by atoms with Crippen molar-refractivity contribution >= 4 is 0 Å². The monoisotopic (exact) mass is 235 g/mol. The molecule has 0 unspecified atom stereocenters. The highest BCUT2D eigenvalue weighted by molar-refractivity contribution is 4.79. The van der Waals surface area contributed by atoms with Gasteiger partial charge in [-0.15, -0.1) is 0 Å². The highest BCUT2D eigenvalue weighted by atomic mass is 16.5. The summed E-state index contributed by atoms with van der Waals surface area (Å²) in [7, 11) is 2.05. The third-order valence-corrected chi connectivity index (χ3v) is 2.90. The maximum Gasteiger partial charge on any atom is 0.253 e. The van der Waals surface area contributed by atoms with Crippen LogP contribution in [0.3, 0.4) is 0 Å². The molecule has 2 rings (SSSR count). The van der Waals surface area contributed by atoms with Crippen LogP contribution >= 0.6 is 0 Å². The van der Waals surface area contributed by atoms with Crippen molar-refractivity contribution in [3.63, 3.8) is 0 Å². The lowest BCUT2D eigenvalue weighted by atomic mass is 10.6. The molecule has 5 nitrogen and oxygen atoms in total. The maximum absolute atomic E-state index is 5.58. The van der Waals surface area contributed by atoms with Crippen LogP contribution in [0.25, 0.3) is 0 Å². The Bertz CT molecular complexity index is 447. The van der Waals surface area contributed by atoms with E-state index in [1.54, 1.807) is 6.20 Å². The van der Waals surface area contributed by atoms with Crippen LogP contribution in [0.2, 0.25) is 0 Å². The highest BCUT2D eigenvalue weighted by Gasteiger charge is 2.07. The number of imidazole rings is 1. The second kappa shape index (κ2) is 5.63. The number of aromatic nitrogens is 4. The van der Waals surface area contributed by atoms with Gasteiger partial charge in [0.05, 0.1) is 26.8 Å². The third kappa shape index (κ3) is 3.17. The van der Waals surface area contributed by atoms with Crippen LogP contribution in [0.4, 0.5) is 0 Å². The van der Waals surface area contributed by atoms with Crippen LogP contribution in [-0.2, 0) is 24.9 Å². The largest absolute Gasteiger partial charge is 0.375 e. The van der Waals surface area contributed by atoms with Gasteiger partial charge in [0.25, 0.3) is 5.82 Å². The van der Waals surface area contributed by atoms with Gasteiger partial charge in [-0.3, -0.25) is 4.68 Å². The molecule has 0 aliphatic heterocycles. The predicted octanol–water partition coefficient (Wildman–Crippen LogP) is 0.534. The molecule has 0 fully saturated rings. The standard InChI is InChI=1S/C12H19N4O/c1-12-14(2)6-7-15(12)8-10-17-11-9-16-5-3-4-13-16/h3-7H,8-11H2,1-2H3/q+1. The van der Waals surface area contributed by atoms with E-state index in [0.29, 0.717) is 6.61 Å². The molecular weight excluding hydrogens is 216 g/mol. The van der Waals surface area contributed by atoms with E-state index in [1.807, 2.05) is 24.0 Å². The highest BCUT2D eigenvalue weighted by Crippen LogP contribution is 1.93. The van der Waals surface area contributed by atoms with Crippen molar-refractivity contribution in [2.75, 3.05) is 13.2 Å². The summed E-state index contributed by atoms with van der Waals surface area (Å²) in [5.74, 6) is 1.24. The lowest BCUT2D eigenvalue weighted by Gasteiger charge is -2.03. The summed E-state index contributed by atoms with van der Waals surface area (Å²) < 4.78 is 11.7. The Morgan fingerprint density at radius 3 is 2.76 bits per heavy atom. The second-order valence-corrected chi connectivity index (χ2v) is 4.03. The summed E-state index contributed by atoms with van der Waals surface area (Å²) in [6.07, 6.45) is 7.86. The molecule has 0 atom stereocenters. The fourth-order valence-electron chi connectivity index (χ4n) is 1.69. The minimum Gasteiger partial charge on any atom is -0.375 e. The number of ether oxygens (including phenoxy) is 1. The molecule has 0 N–H and O–H groups in total. The van der Waals surface area contributed by atoms with Crippen LogP contribution in [0, 0.1) is 6.92 Å². The molecule has 2 aromatic rings. The number of hydrogen-bond donors (Lipinski definition) is 0. The molecule has 17 heavy (non-hydrogen) atoms. The molecule has 0 aromatic carbocycles. The van der Waals surface area contributed by atoms with E-state index in [2.05, 4.69) is 33.6 Å². The number of rotatable bonds is 6. The SMILES string of the molecule is Cc1n(CCOCCn2cccn2)cc[n+]1C. The zero-order valence-electron chi connectivity index (χ0n) is 10.4. The molecule has 2 aromatic heterocycles. The van der Waals surface area contributed by atoms with E-state index < -0.39 is 0 Å². The Morgan fingerprint density at radius 2 is 2.12 bits per heavy atom. The van der Waals surface area contributed by atoms with Gasteiger partial charge in [0.15, 0.2) is 0 Å². The van der Waals surface area contributed by atoms with Crippen molar-refractivity contribution < 1.29 is 9.30 Å². The lowest BCUT2D eigenvalue weighted by molar-refractivity contribution is -0.677. The fraction of sp³-hybridized carbons (Fsp3) is 0.500. The summed E-state index contributed by atoms with van der Waals surface area (Å²) in [4.78, 5) is 0. The molecule has 0 amide bonds. The van der Waals surface area contributed by atoms with E-state index in [9.17, 15) is 0 Å². The first-order valence-corrected chi connectivity index (χ1v) is 5.84. The Morgan fingerprint density at radius 1 is 1.29 bits per heavy atom. The second-order valence-electron chi connectivity index (χ2n) is 4.03. The summed E-state index contributed by atoms with van der Waals surface area (Å²) in [6.45, 7) is 5.24. The van der Waals surface area contributed by atoms with Crippen molar-refractivity contribution in [3.8, 4) is 0 Å². The Hall–Kier alpha value is -1.62. The van der Waals surface area contributed by atoms with Gasteiger partial charge in [-0.1, -0.05) is 0 Å². The van der Waals surface area contributed by atoms with E-state index in [4.69, 9.17) is 4.74 Å². The van der Waals surface area contributed by atoms with E-state index in [0.717, 1.165) is 19.7 Å². The van der Waals surface area contributed by atoms with E-state index >= 15 is 0 Å². The van der Waals surface area contributed by atoms with E-state index in [-0.39, 0.29) is 0 Å². The Labute approximate surface area is 101 Å². The third-order valence-electron chi connectivity index (χ3n) is 2.90. The van der Waals surface area contributed by atoms with Gasteiger partial charge < -0.3 is 4.74 Å². The van der Waals surface area contributed by atoms with Gasteiger partial charge in [-0.25, -0.2) is 9.13 Å². The van der Waals surface area contributed by atoms with Gasteiger partial charge in [-0.05, 0) is 6.07 Å². The summed E-state index contributed by atoms with van der Waals surface area (Å²) in [5, 5.41) is 4.12. The van der Waals surface area contributed by atoms with Gasteiger partial charge in [0.1, 0.15) is 18.9 Å². The van der Waals surface area contributed by atoms with Gasteiger partial charge >= 0.3 is 0 Å². The zero-order valence-corrected chi connectivity index (χ0v) is 10.4. The minimum atomic E-state index is 0.703. The maximum atomic E-state index is 5.58. The normalized spacial score (nSPS) is 10.9. The van der Waals surface area contributed by atoms with Crippen LogP contribution in [0.15, 0.2) is 30.9 Å². The molecule has 92 valence electrons. The first kappa shape index (κ1) is 11.9. The lowest BCUT2D eigenvalue weighted by Crippen LogP contribution is -2.30. The number of hydrogen-bond acceptors (Lipinski definition) is 2. The van der Waals surface area contributed by atoms with Crippen LogP contribution in [0.1, 0.15) is 5.82 Å². The summed E-state index contributed by atoms with van der Waals surface area (Å²) >= 11 is 0. The Kier molecular flexibility index (Phi) is 3.93. The van der Waals surface area contributed by atoms with Crippen LogP contribution in [-0.4, -0.2) is 27.6 Å². The molecule has 0 radical (unpaired) electrons. The first-order chi connectivity index (χ1) is 8.27.